The molecule has 0 radical (unpaired) electrons. The van der Waals surface area contributed by atoms with E-state index in [1.807, 2.05) is 0 Å². The number of sulfonamides is 1. The molecular weight excluding hydrogens is 443 g/mol. The summed E-state index contributed by atoms with van der Waals surface area (Å²) < 4.78 is 40.5. The number of hydrogen-bond donors (Lipinski definition) is 2. The van der Waals surface area contributed by atoms with Crippen molar-refractivity contribution in [1.82, 2.24) is 0 Å². The maximum atomic E-state index is 13.2. The Balaban J connectivity index is 2.38. The second kappa shape index (κ2) is 6.35. The number of halogens is 3. The molecule has 3 N–H and O–H groups in total. The van der Waals surface area contributed by atoms with Gasteiger partial charge in [0.05, 0.1) is 0 Å². The summed E-state index contributed by atoms with van der Waals surface area (Å²) in [7, 11) is -3.95. The number of rotatable bonds is 4. The summed E-state index contributed by atoms with van der Waals surface area (Å²) in [6.45, 7) is 0. The molecule has 0 saturated carbocycles. The molecule has 0 aliphatic heterocycles. The van der Waals surface area contributed by atoms with E-state index in [1.165, 1.54) is 24.3 Å². The van der Waals surface area contributed by atoms with Gasteiger partial charge in [-0.1, -0.05) is 0 Å². The monoisotopic (exact) mass is 450 g/mol. The van der Waals surface area contributed by atoms with Crippen molar-refractivity contribution in [3.8, 4) is 0 Å². The number of carbonyl (C=O) groups excluding carboxylic acids is 1. The van der Waals surface area contributed by atoms with Gasteiger partial charge in [-0.2, -0.15) is 0 Å². The van der Waals surface area contributed by atoms with E-state index in [0.717, 1.165) is 12.1 Å². The molecule has 0 saturated heterocycles. The SMILES string of the molecule is NC(=O)c1ccc(NS(=O)(=O)c2c(Br)cc(F)cc2Br)cc1. The van der Waals surface area contributed by atoms with Crippen LogP contribution in [-0.2, 0) is 10.0 Å². The standard InChI is InChI=1S/C13H9Br2FN2O3S/c14-10-5-8(16)6-11(15)12(10)22(20,21)18-9-3-1-7(2-4-9)13(17)19/h1-6,18H,(H2,17,19). The molecule has 0 heterocycles. The van der Waals surface area contributed by atoms with E-state index < -0.39 is 21.7 Å². The number of nitrogens with one attached hydrogen (secondary N) is 1. The topological polar surface area (TPSA) is 89.3 Å². The van der Waals surface area contributed by atoms with Crippen LogP contribution in [0.25, 0.3) is 0 Å². The number of anilines is 1. The number of nitrogens with two attached hydrogens (primary N) is 1. The van der Waals surface area contributed by atoms with Gasteiger partial charge in [0.2, 0.25) is 5.91 Å². The van der Waals surface area contributed by atoms with E-state index in [2.05, 4.69) is 36.6 Å². The third kappa shape index (κ3) is 3.65. The van der Waals surface area contributed by atoms with E-state index >= 15 is 0 Å². The summed E-state index contributed by atoms with van der Waals surface area (Å²) in [5.74, 6) is -1.19. The molecule has 116 valence electrons. The molecule has 0 unspecified atom stereocenters. The van der Waals surface area contributed by atoms with Gasteiger partial charge in [-0.25, -0.2) is 12.8 Å². The molecule has 22 heavy (non-hydrogen) atoms. The molecule has 0 aliphatic carbocycles. The zero-order chi connectivity index (χ0) is 16.5. The summed E-state index contributed by atoms with van der Waals surface area (Å²) in [4.78, 5) is 10.8. The molecule has 0 bridgehead atoms. The first-order valence-corrected chi connectivity index (χ1v) is 8.85. The van der Waals surface area contributed by atoms with Crippen LogP contribution in [0.15, 0.2) is 50.2 Å². The van der Waals surface area contributed by atoms with Crippen molar-refractivity contribution >= 4 is 53.5 Å². The fourth-order valence-electron chi connectivity index (χ4n) is 1.69. The van der Waals surface area contributed by atoms with Crippen molar-refractivity contribution in [3.05, 3.63) is 56.7 Å². The quantitative estimate of drug-likeness (QED) is 0.747. The second-order valence-electron chi connectivity index (χ2n) is 4.25. The minimum absolute atomic E-state index is 0.0839. The zero-order valence-electron chi connectivity index (χ0n) is 10.8. The summed E-state index contributed by atoms with van der Waals surface area (Å²) in [5, 5.41) is 0. The molecule has 9 heteroatoms. The highest BCUT2D eigenvalue weighted by Crippen LogP contribution is 2.32. The van der Waals surface area contributed by atoms with Gasteiger partial charge in [0.25, 0.3) is 10.0 Å². The molecule has 0 fully saturated rings. The average molecular weight is 452 g/mol. The third-order valence-electron chi connectivity index (χ3n) is 2.65. The first-order valence-electron chi connectivity index (χ1n) is 5.78. The second-order valence-corrected chi connectivity index (χ2v) is 7.57. The van der Waals surface area contributed by atoms with Crippen molar-refractivity contribution in [2.24, 2.45) is 5.73 Å². The van der Waals surface area contributed by atoms with E-state index in [0.29, 0.717) is 0 Å². The van der Waals surface area contributed by atoms with E-state index in [4.69, 9.17) is 5.73 Å². The van der Waals surface area contributed by atoms with Gasteiger partial charge < -0.3 is 5.73 Å². The lowest BCUT2D eigenvalue weighted by molar-refractivity contribution is 0.100. The summed E-state index contributed by atoms with van der Waals surface area (Å²) in [6, 6.07) is 7.71. The van der Waals surface area contributed by atoms with Crippen molar-refractivity contribution in [2.75, 3.05) is 4.72 Å². The van der Waals surface area contributed by atoms with Crippen LogP contribution in [0.5, 0.6) is 0 Å². The minimum atomic E-state index is -3.95. The van der Waals surface area contributed by atoms with Crippen molar-refractivity contribution in [3.63, 3.8) is 0 Å². The molecule has 2 aromatic rings. The van der Waals surface area contributed by atoms with E-state index in [9.17, 15) is 17.6 Å². The molecule has 2 rings (SSSR count). The number of carbonyl (C=O) groups is 1. The Hall–Kier alpha value is -1.45. The predicted molar refractivity (Wildman–Crippen MR) is 87.6 cm³/mol. The molecule has 0 spiro atoms. The van der Waals surface area contributed by atoms with Gasteiger partial charge >= 0.3 is 0 Å². The van der Waals surface area contributed by atoms with Crippen molar-refractivity contribution < 1.29 is 17.6 Å². The molecule has 0 aliphatic rings. The number of amides is 1. The molecule has 0 atom stereocenters. The van der Waals surface area contributed by atoms with Gasteiger partial charge in [0, 0.05) is 20.2 Å². The van der Waals surface area contributed by atoms with Gasteiger partial charge in [0.1, 0.15) is 10.7 Å². The van der Waals surface area contributed by atoms with Crippen LogP contribution in [0, 0.1) is 5.82 Å². The fraction of sp³-hybridized carbons (Fsp3) is 0. The van der Waals surface area contributed by atoms with Gasteiger partial charge in [-0.3, -0.25) is 9.52 Å². The predicted octanol–water partition coefficient (Wildman–Crippen LogP) is 3.25. The smallest absolute Gasteiger partial charge is 0.264 e. The molecule has 5 nitrogen and oxygen atoms in total. The van der Waals surface area contributed by atoms with Crippen LogP contribution in [0.3, 0.4) is 0 Å². The molecular formula is C13H9Br2FN2O3S. The normalized spacial score (nSPS) is 11.2. The van der Waals surface area contributed by atoms with Crippen LogP contribution in [0.2, 0.25) is 0 Å². The summed E-state index contributed by atoms with van der Waals surface area (Å²) >= 11 is 6.05. The Bertz CT molecular complexity index is 816. The van der Waals surface area contributed by atoms with Gasteiger partial charge in [-0.15, -0.1) is 0 Å². The largest absolute Gasteiger partial charge is 0.366 e. The Morgan fingerprint density at radius 1 is 1.09 bits per heavy atom. The average Bonchev–Trinajstić information content (AvgIpc) is 2.36. The number of primary amides is 1. The lowest BCUT2D eigenvalue weighted by atomic mass is 10.2. The summed E-state index contributed by atoms with van der Waals surface area (Å²) in [6.07, 6.45) is 0. The highest BCUT2D eigenvalue weighted by molar-refractivity contribution is 9.11. The fourth-order valence-corrected chi connectivity index (χ4v) is 5.28. The highest BCUT2D eigenvalue weighted by atomic mass is 79.9. The van der Waals surface area contributed by atoms with Gasteiger partial charge in [-0.05, 0) is 68.3 Å². The first kappa shape index (κ1) is 16.9. The Morgan fingerprint density at radius 2 is 1.59 bits per heavy atom. The van der Waals surface area contributed by atoms with Crippen LogP contribution in [0.4, 0.5) is 10.1 Å². The minimum Gasteiger partial charge on any atom is -0.366 e. The van der Waals surface area contributed by atoms with Crippen LogP contribution in [0.1, 0.15) is 10.4 Å². The van der Waals surface area contributed by atoms with E-state index in [1.54, 1.807) is 0 Å². The molecule has 0 aromatic heterocycles. The van der Waals surface area contributed by atoms with Gasteiger partial charge in [0.15, 0.2) is 0 Å². The summed E-state index contributed by atoms with van der Waals surface area (Å²) in [5.41, 5.74) is 5.61. The lowest BCUT2D eigenvalue weighted by Gasteiger charge is -2.11. The highest BCUT2D eigenvalue weighted by Gasteiger charge is 2.22. The van der Waals surface area contributed by atoms with Crippen molar-refractivity contribution in [2.45, 2.75) is 4.90 Å². The molecule has 1 amide bonds. The number of hydrogen-bond acceptors (Lipinski definition) is 3. The first-order chi connectivity index (χ1) is 10.2. The van der Waals surface area contributed by atoms with Crippen LogP contribution < -0.4 is 10.5 Å². The van der Waals surface area contributed by atoms with Crippen LogP contribution in [-0.4, -0.2) is 14.3 Å². The Labute approximate surface area is 143 Å². The zero-order valence-corrected chi connectivity index (χ0v) is 14.8. The maximum absolute atomic E-state index is 13.2. The Morgan fingerprint density at radius 3 is 2.05 bits per heavy atom. The number of benzene rings is 2. The lowest BCUT2D eigenvalue weighted by Crippen LogP contribution is -2.15. The van der Waals surface area contributed by atoms with Crippen LogP contribution >= 0.6 is 31.9 Å². The van der Waals surface area contributed by atoms with E-state index in [-0.39, 0.29) is 25.1 Å². The molecule has 2 aromatic carbocycles. The Kier molecular flexibility index (Phi) is 4.88. The maximum Gasteiger partial charge on any atom is 0.264 e. The van der Waals surface area contributed by atoms with Crippen molar-refractivity contribution in [1.29, 1.82) is 0 Å². The third-order valence-corrected chi connectivity index (χ3v) is 5.91.